The predicted molar refractivity (Wildman–Crippen MR) is 124 cm³/mol. The van der Waals surface area contributed by atoms with Crippen LogP contribution in [0.2, 0.25) is 0 Å². The molecule has 30 heavy (non-hydrogen) atoms. The zero-order valence-corrected chi connectivity index (χ0v) is 18.0. The molecule has 2 aromatic carbocycles. The zero-order chi connectivity index (χ0) is 20.0. The Morgan fingerprint density at radius 2 is 1.43 bits per heavy atom. The summed E-state index contributed by atoms with van der Waals surface area (Å²) < 4.78 is 0. The molecule has 0 spiro atoms. The van der Waals surface area contributed by atoms with Crippen molar-refractivity contribution in [1.29, 1.82) is 0 Å². The van der Waals surface area contributed by atoms with E-state index in [1.807, 2.05) is 0 Å². The molecular weight excluding hydrogens is 364 g/mol. The number of piperidine rings is 3. The highest BCUT2D eigenvalue weighted by Gasteiger charge is 2.48. The summed E-state index contributed by atoms with van der Waals surface area (Å²) in [7, 11) is 0. The van der Waals surface area contributed by atoms with Crippen LogP contribution in [0.1, 0.15) is 62.0 Å². The van der Waals surface area contributed by atoms with Crippen molar-refractivity contribution in [1.82, 2.24) is 4.90 Å². The molecule has 2 atom stereocenters. The molecule has 4 bridgehead atoms. The summed E-state index contributed by atoms with van der Waals surface area (Å²) in [6, 6.07) is 23.4. The molecule has 2 aliphatic carbocycles. The molecule has 3 aliphatic heterocycles. The van der Waals surface area contributed by atoms with Gasteiger partial charge in [0.1, 0.15) is 0 Å². The third kappa shape index (κ3) is 3.24. The van der Waals surface area contributed by atoms with Crippen molar-refractivity contribution in [3.05, 3.63) is 71.8 Å². The Morgan fingerprint density at radius 1 is 0.833 bits per heavy atom. The fourth-order valence-corrected chi connectivity index (χ4v) is 7.24. The van der Waals surface area contributed by atoms with E-state index < -0.39 is 0 Å². The minimum Gasteiger partial charge on any atom is -0.297 e. The van der Waals surface area contributed by atoms with E-state index in [4.69, 9.17) is 4.99 Å². The van der Waals surface area contributed by atoms with Crippen LogP contribution in [0.4, 0.5) is 0 Å². The summed E-state index contributed by atoms with van der Waals surface area (Å²) in [6.45, 7) is 2.48. The van der Waals surface area contributed by atoms with Crippen LogP contribution in [-0.2, 0) is 0 Å². The monoisotopic (exact) mass is 398 g/mol. The maximum absolute atomic E-state index is 5.50. The Bertz CT molecular complexity index is 834. The Balaban J connectivity index is 1.39. The van der Waals surface area contributed by atoms with Gasteiger partial charge in [-0.1, -0.05) is 60.7 Å². The molecule has 7 rings (SSSR count). The van der Waals surface area contributed by atoms with Gasteiger partial charge >= 0.3 is 0 Å². The Labute approximate surface area is 181 Å². The van der Waals surface area contributed by atoms with E-state index in [1.54, 1.807) is 0 Å². The lowest BCUT2D eigenvalue weighted by molar-refractivity contribution is 0.0212. The molecule has 2 heteroatoms. The van der Waals surface area contributed by atoms with E-state index in [2.05, 4.69) is 71.8 Å². The third-order valence-corrected chi connectivity index (χ3v) is 8.80. The molecule has 3 heterocycles. The van der Waals surface area contributed by atoms with Crippen LogP contribution in [0.15, 0.2) is 65.7 Å². The lowest BCUT2D eigenvalue weighted by Crippen LogP contribution is -2.59. The van der Waals surface area contributed by atoms with Crippen molar-refractivity contribution in [3.8, 4) is 0 Å². The largest absolute Gasteiger partial charge is 0.297 e. The fourth-order valence-electron chi connectivity index (χ4n) is 7.24. The summed E-state index contributed by atoms with van der Waals surface area (Å²) in [5.41, 5.74) is 3.33. The van der Waals surface area contributed by atoms with Gasteiger partial charge in [-0.3, -0.25) is 9.89 Å². The van der Waals surface area contributed by atoms with Crippen molar-refractivity contribution < 1.29 is 0 Å². The summed E-state index contributed by atoms with van der Waals surface area (Å²) in [5, 5.41) is 0. The maximum Gasteiger partial charge on any atom is 0.0689 e. The minimum absolute atomic E-state index is 0.398. The van der Waals surface area contributed by atoms with Crippen molar-refractivity contribution >= 4 is 6.21 Å². The van der Waals surface area contributed by atoms with Gasteiger partial charge in [-0.25, -0.2) is 0 Å². The van der Waals surface area contributed by atoms with Gasteiger partial charge in [0.2, 0.25) is 0 Å². The summed E-state index contributed by atoms with van der Waals surface area (Å²) in [6.07, 6.45) is 12.2. The molecule has 5 aliphatic rings. The van der Waals surface area contributed by atoms with Crippen LogP contribution >= 0.6 is 0 Å². The second kappa shape index (κ2) is 7.64. The molecule has 2 nitrogen and oxygen atoms in total. The van der Waals surface area contributed by atoms with E-state index in [1.165, 1.54) is 69.2 Å². The van der Waals surface area contributed by atoms with Crippen LogP contribution in [0, 0.1) is 17.3 Å². The predicted octanol–water partition coefficient (Wildman–Crippen LogP) is 5.93. The van der Waals surface area contributed by atoms with E-state index in [0.29, 0.717) is 23.4 Å². The first-order chi connectivity index (χ1) is 14.8. The van der Waals surface area contributed by atoms with E-state index >= 15 is 0 Å². The van der Waals surface area contributed by atoms with E-state index in [-0.39, 0.29) is 0 Å². The highest BCUT2D eigenvalue weighted by atomic mass is 15.2. The summed E-state index contributed by atoms with van der Waals surface area (Å²) >= 11 is 0. The summed E-state index contributed by atoms with van der Waals surface area (Å²) in [4.78, 5) is 8.28. The van der Waals surface area contributed by atoms with Crippen LogP contribution in [-0.4, -0.2) is 36.3 Å². The number of rotatable bonds is 5. The average molecular weight is 399 g/mol. The third-order valence-electron chi connectivity index (χ3n) is 8.80. The topological polar surface area (TPSA) is 15.6 Å². The van der Waals surface area contributed by atoms with Crippen LogP contribution in [0.3, 0.4) is 0 Å². The first kappa shape index (κ1) is 18.8. The number of aliphatic imine (C=N–C) groups is 1. The van der Waals surface area contributed by atoms with E-state index in [0.717, 1.165) is 11.8 Å². The molecule has 0 N–H and O–H groups in total. The molecule has 0 amide bonds. The molecule has 2 unspecified atom stereocenters. The smallest absolute Gasteiger partial charge is 0.0689 e. The molecule has 0 radical (unpaired) electrons. The molecular formula is C28H34N2. The minimum atomic E-state index is 0.398. The van der Waals surface area contributed by atoms with Crippen molar-refractivity contribution in [2.75, 3.05) is 13.1 Å². The zero-order valence-electron chi connectivity index (χ0n) is 18.0. The molecule has 2 aromatic rings. The molecule has 3 saturated heterocycles. The Morgan fingerprint density at radius 3 is 1.97 bits per heavy atom. The molecule has 5 fully saturated rings. The normalized spacial score (nSPS) is 37.4. The second-order valence-electron chi connectivity index (χ2n) is 10.4. The first-order valence-corrected chi connectivity index (χ1v) is 12.2. The van der Waals surface area contributed by atoms with Gasteiger partial charge in [-0.2, -0.15) is 0 Å². The quantitative estimate of drug-likeness (QED) is 0.570. The Kier molecular flexibility index (Phi) is 4.79. The second-order valence-corrected chi connectivity index (χ2v) is 10.4. The van der Waals surface area contributed by atoms with Gasteiger partial charge in [0, 0.05) is 23.6 Å². The van der Waals surface area contributed by atoms with Crippen LogP contribution in [0.5, 0.6) is 0 Å². The van der Waals surface area contributed by atoms with Crippen molar-refractivity contribution in [3.63, 3.8) is 0 Å². The van der Waals surface area contributed by atoms with Gasteiger partial charge in [-0.05, 0) is 81.0 Å². The Hall–Kier alpha value is -1.93. The molecule has 156 valence electrons. The fraction of sp³-hybridized carbons (Fsp3) is 0.536. The molecule has 2 saturated carbocycles. The van der Waals surface area contributed by atoms with Gasteiger partial charge in [-0.15, -0.1) is 0 Å². The standard InChI is InChI=1S/C28H34N2/c1-3-7-22(8-4-1)25(23-9-5-2-6-10-23)27-26(24-13-17-30(27)18-14-24)29-20-28-15-11-21(19-28)12-16-28/h1-10,20-21,24-27H,11-19H2. The number of hydrogen-bond donors (Lipinski definition) is 0. The number of benzene rings is 2. The number of nitrogens with zero attached hydrogens (tertiary/aromatic N) is 2. The highest BCUT2D eigenvalue weighted by Crippen LogP contribution is 2.53. The lowest BCUT2D eigenvalue weighted by Gasteiger charge is -2.52. The van der Waals surface area contributed by atoms with Gasteiger partial charge in [0.15, 0.2) is 0 Å². The average Bonchev–Trinajstić information content (AvgIpc) is 3.42. The van der Waals surface area contributed by atoms with Gasteiger partial charge < -0.3 is 0 Å². The SMILES string of the molecule is C(=NC1C2CCN(CC2)C1C(c1ccccc1)c1ccccc1)C12CCC(CC1)C2. The van der Waals surface area contributed by atoms with E-state index in [9.17, 15) is 0 Å². The lowest BCUT2D eigenvalue weighted by atomic mass is 9.70. The van der Waals surface area contributed by atoms with Crippen molar-refractivity contribution in [2.24, 2.45) is 22.2 Å². The molecule has 0 aromatic heterocycles. The van der Waals surface area contributed by atoms with Gasteiger partial charge in [0.25, 0.3) is 0 Å². The number of hydrogen-bond acceptors (Lipinski definition) is 2. The van der Waals surface area contributed by atoms with Crippen LogP contribution in [0.25, 0.3) is 0 Å². The maximum atomic E-state index is 5.50. The summed E-state index contributed by atoms with van der Waals surface area (Å²) in [5.74, 6) is 2.14. The highest BCUT2D eigenvalue weighted by molar-refractivity contribution is 5.67. The number of fused-ring (bicyclic) bond motifs is 5. The van der Waals surface area contributed by atoms with Crippen molar-refractivity contribution in [2.45, 2.75) is 62.9 Å². The van der Waals surface area contributed by atoms with Crippen LogP contribution < -0.4 is 0 Å². The first-order valence-electron chi connectivity index (χ1n) is 12.2. The van der Waals surface area contributed by atoms with Gasteiger partial charge in [0.05, 0.1) is 6.04 Å².